The van der Waals surface area contributed by atoms with Crippen molar-refractivity contribution in [1.82, 2.24) is 0 Å². The van der Waals surface area contributed by atoms with E-state index in [1.807, 2.05) is 0 Å². The molecule has 1 unspecified atom stereocenters. The average molecular weight is 240 g/mol. The third-order valence-corrected chi connectivity index (χ3v) is 1.13. The molecule has 0 radical (unpaired) electrons. The van der Waals surface area contributed by atoms with Gasteiger partial charge in [0.05, 0.1) is 6.10 Å². The first-order valence-electron chi connectivity index (χ1n) is 4.34. The first kappa shape index (κ1) is 14.5. The van der Waals surface area contributed by atoms with E-state index >= 15 is 0 Å². The Kier molecular flexibility index (Phi) is 6.21. The topological polar surface area (TPSA) is 52.6 Å². The van der Waals surface area contributed by atoms with Gasteiger partial charge in [0.25, 0.3) is 0 Å². The first-order valence-corrected chi connectivity index (χ1v) is 4.34. The zero-order chi connectivity index (χ0) is 12.7. The summed E-state index contributed by atoms with van der Waals surface area (Å²) in [5, 5.41) is 0. The lowest BCUT2D eigenvalue weighted by molar-refractivity contribution is -0.168. The maximum atomic E-state index is 12.2. The molecule has 0 rings (SSSR count). The van der Waals surface area contributed by atoms with Crippen LogP contribution in [0, 0.1) is 0 Å². The summed E-state index contributed by atoms with van der Waals surface area (Å²) in [5.41, 5.74) is 0. The van der Waals surface area contributed by atoms with Crippen molar-refractivity contribution in [2.75, 3.05) is 0 Å². The Hall–Kier alpha value is -1.53. The van der Waals surface area contributed by atoms with Gasteiger partial charge < -0.3 is 9.47 Å². The summed E-state index contributed by atoms with van der Waals surface area (Å²) in [4.78, 5) is 21.5. The van der Waals surface area contributed by atoms with Crippen LogP contribution in [0.15, 0.2) is 12.2 Å². The second-order valence-corrected chi connectivity index (χ2v) is 2.94. The molecule has 92 valence electrons. The van der Waals surface area contributed by atoms with Crippen molar-refractivity contribution in [2.24, 2.45) is 0 Å². The van der Waals surface area contributed by atoms with Gasteiger partial charge in [-0.15, -0.1) is 0 Å². The van der Waals surface area contributed by atoms with Crippen LogP contribution in [0.2, 0.25) is 0 Å². The van der Waals surface area contributed by atoms with Gasteiger partial charge >= 0.3 is 24.7 Å². The maximum Gasteiger partial charge on any atom is 0.333 e. The normalized spacial score (nSPS) is 13.2. The van der Waals surface area contributed by atoms with E-state index < -0.39 is 24.7 Å². The van der Waals surface area contributed by atoms with Crippen molar-refractivity contribution >= 4 is 11.9 Å². The molecule has 0 amide bonds. The van der Waals surface area contributed by atoms with Crippen molar-refractivity contribution in [2.45, 2.75) is 32.7 Å². The maximum absolute atomic E-state index is 12.2. The van der Waals surface area contributed by atoms with Gasteiger partial charge in [-0.1, -0.05) is 0 Å². The van der Waals surface area contributed by atoms with E-state index in [9.17, 15) is 22.8 Å². The molecule has 0 aliphatic heterocycles. The second-order valence-electron chi connectivity index (χ2n) is 2.94. The number of carbonyl (C=O) groups excluding carboxylic acids is 2. The Morgan fingerprint density at radius 2 is 1.44 bits per heavy atom. The fraction of sp³-hybridized carbons (Fsp3) is 0.556. The summed E-state index contributed by atoms with van der Waals surface area (Å²) in [6.07, 6.45) is -5.62. The van der Waals surface area contributed by atoms with Crippen molar-refractivity contribution in [3.05, 3.63) is 12.2 Å². The van der Waals surface area contributed by atoms with Crippen LogP contribution >= 0.6 is 0 Å². The molecular weight excluding hydrogens is 229 g/mol. The molecule has 0 aromatic rings. The number of esters is 2. The van der Waals surface area contributed by atoms with Crippen LogP contribution in [0.3, 0.4) is 0 Å². The Morgan fingerprint density at radius 1 is 1.00 bits per heavy atom. The minimum Gasteiger partial charge on any atom is -0.460 e. The summed E-state index contributed by atoms with van der Waals surface area (Å²) in [7, 11) is 0. The van der Waals surface area contributed by atoms with Crippen LogP contribution in [-0.2, 0) is 19.1 Å². The average Bonchev–Trinajstić information content (AvgIpc) is 2.13. The molecule has 0 saturated carbocycles. The van der Waals surface area contributed by atoms with Crippen LogP contribution in [-0.4, -0.2) is 30.8 Å². The molecule has 16 heavy (non-hydrogen) atoms. The number of hydrogen-bond acceptors (Lipinski definition) is 4. The Balaban J connectivity index is 4.04. The summed E-state index contributed by atoms with van der Waals surface area (Å²) < 4.78 is 43.5. The molecular formula is C9H11F3O4. The van der Waals surface area contributed by atoms with Crippen molar-refractivity contribution in [3.63, 3.8) is 0 Å². The van der Waals surface area contributed by atoms with Gasteiger partial charge in [0.15, 0.2) is 0 Å². The molecule has 0 aliphatic rings. The van der Waals surface area contributed by atoms with Crippen LogP contribution in [0.25, 0.3) is 0 Å². The smallest absolute Gasteiger partial charge is 0.333 e. The van der Waals surface area contributed by atoms with E-state index in [1.54, 1.807) is 13.8 Å². The van der Waals surface area contributed by atoms with Crippen molar-refractivity contribution in [3.8, 4) is 0 Å². The van der Waals surface area contributed by atoms with E-state index in [-0.39, 0.29) is 6.10 Å². The van der Waals surface area contributed by atoms with Crippen LogP contribution in [0.4, 0.5) is 13.2 Å². The number of hydrogen-bond donors (Lipinski definition) is 0. The van der Waals surface area contributed by atoms with Gasteiger partial charge in [0.1, 0.15) is 0 Å². The van der Waals surface area contributed by atoms with Crippen molar-refractivity contribution < 1.29 is 32.2 Å². The Labute approximate surface area is 90.0 Å². The monoisotopic (exact) mass is 240 g/mol. The highest BCUT2D eigenvalue weighted by atomic mass is 19.3. The molecule has 0 spiro atoms. The van der Waals surface area contributed by atoms with Gasteiger partial charge in [0.2, 0.25) is 0 Å². The number of carbonyl (C=O) groups is 2. The Morgan fingerprint density at radius 3 is 1.81 bits per heavy atom. The highest BCUT2D eigenvalue weighted by molar-refractivity contribution is 5.91. The number of rotatable bonds is 5. The SMILES string of the molecule is CC(C)OC(=O)C=CC(=O)OC(F)C(F)F. The molecule has 0 aromatic heterocycles. The number of halogens is 3. The molecule has 0 bridgehead atoms. The predicted molar refractivity (Wildman–Crippen MR) is 47.4 cm³/mol. The van der Waals surface area contributed by atoms with Gasteiger partial charge in [-0.05, 0) is 13.8 Å². The van der Waals surface area contributed by atoms with E-state index in [2.05, 4.69) is 9.47 Å². The zero-order valence-corrected chi connectivity index (χ0v) is 8.65. The summed E-state index contributed by atoms with van der Waals surface area (Å²) in [5.74, 6) is -2.23. The molecule has 7 heteroatoms. The summed E-state index contributed by atoms with van der Waals surface area (Å²) >= 11 is 0. The third kappa shape index (κ3) is 6.86. The van der Waals surface area contributed by atoms with Gasteiger partial charge in [0, 0.05) is 12.2 Å². The number of ether oxygens (including phenoxy) is 2. The molecule has 0 fully saturated rings. The minimum atomic E-state index is -3.42. The third-order valence-electron chi connectivity index (χ3n) is 1.13. The lowest BCUT2D eigenvalue weighted by atomic mass is 10.4. The second kappa shape index (κ2) is 6.86. The van der Waals surface area contributed by atoms with E-state index in [0.29, 0.717) is 12.2 Å². The Bertz CT molecular complexity index is 276. The van der Waals surface area contributed by atoms with Gasteiger partial charge in [-0.25, -0.2) is 18.4 Å². The molecule has 0 N–H and O–H groups in total. The van der Waals surface area contributed by atoms with Crippen LogP contribution < -0.4 is 0 Å². The van der Waals surface area contributed by atoms with E-state index in [4.69, 9.17) is 0 Å². The molecule has 4 nitrogen and oxygen atoms in total. The minimum absolute atomic E-state index is 0.386. The van der Waals surface area contributed by atoms with Crippen LogP contribution in [0.1, 0.15) is 13.8 Å². The lowest BCUT2D eigenvalue weighted by Crippen LogP contribution is -2.19. The molecule has 0 aliphatic carbocycles. The fourth-order valence-electron chi connectivity index (χ4n) is 0.609. The van der Waals surface area contributed by atoms with Crippen LogP contribution in [0.5, 0.6) is 0 Å². The van der Waals surface area contributed by atoms with E-state index in [0.717, 1.165) is 0 Å². The number of alkyl halides is 3. The summed E-state index contributed by atoms with van der Waals surface area (Å²) in [6, 6.07) is 0. The fourth-order valence-corrected chi connectivity index (χ4v) is 0.609. The first-order chi connectivity index (χ1) is 7.32. The predicted octanol–water partition coefficient (Wildman–Crippen LogP) is 1.60. The zero-order valence-electron chi connectivity index (χ0n) is 8.65. The van der Waals surface area contributed by atoms with Gasteiger partial charge in [-0.3, -0.25) is 0 Å². The molecule has 1 atom stereocenters. The molecule has 0 saturated heterocycles. The highest BCUT2D eigenvalue weighted by Gasteiger charge is 2.22. The van der Waals surface area contributed by atoms with E-state index in [1.165, 1.54) is 0 Å². The van der Waals surface area contributed by atoms with Gasteiger partial charge in [-0.2, -0.15) is 4.39 Å². The standard InChI is InChI=1S/C9H11F3O4/c1-5(2)15-6(13)3-4-7(14)16-9(12)8(10)11/h3-5,8-9H,1-2H3. The lowest BCUT2D eigenvalue weighted by Gasteiger charge is -2.06. The largest absolute Gasteiger partial charge is 0.460 e. The van der Waals surface area contributed by atoms with Crippen molar-refractivity contribution in [1.29, 1.82) is 0 Å². The molecule has 0 heterocycles. The quantitative estimate of drug-likeness (QED) is 0.541. The molecule has 0 aromatic carbocycles. The summed E-state index contributed by atoms with van der Waals surface area (Å²) in [6.45, 7) is 3.16. The highest BCUT2D eigenvalue weighted by Crippen LogP contribution is 2.07.